The van der Waals surface area contributed by atoms with Crippen molar-refractivity contribution >= 4 is 18.1 Å². The minimum atomic E-state index is -1.07. The highest BCUT2D eigenvalue weighted by atomic mass is 16.7. The molecule has 2 heterocycles. The fourth-order valence-electron chi connectivity index (χ4n) is 3.85. The molecule has 34 heavy (non-hydrogen) atoms. The van der Waals surface area contributed by atoms with Crippen molar-refractivity contribution in [2.45, 2.75) is 24.6 Å². The van der Waals surface area contributed by atoms with Crippen LogP contribution in [0.5, 0.6) is 5.75 Å². The molecule has 2 aromatic rings. The van der Waals surface area contributed by atoms with Crippen LogP contribution in [0.25, 0.3) is 0 Å². The summed E-state index contributed by atoms with van der Waals surface area (Å²) in [5.74, 6) is -0.0291. The van der Waals surface area contributed by atoms with Crippen LogP contribution in [0, 0.1) is 0 Å². The van der Waals surface area contributed by atoms with E-state index in [9.17, 15) is 14.4 Å². The molecule has 10 nitrogen and oxygen atoms in total. The first kappa shape index (κ1) is 23.5. The van der Waals surface area contributed by atoms with Gasteiger partial charge in [-0.15, -0.1) is 0 Å². The van der Waals surface area contributed by atoms with Gasteiger partial charge in [0, 0.05) is 7.11 Å². The van der Waals surface area contributed by atoms with Crippen molar-refractivity contribution in [3.8, 4) is 5.75 Å². The van der Waals surface area contributed by atoms with Crippen molar-refractivity contribution in [1.82, 2.24) is 10.2 Å². The predicted octanol–water partition coefficient (Wildman–Crippen LogP) is 2.43. The first-order valence-corrected chi connectivity index (χ1v) is 10.9. The molecular formula is C24H26N2O8. The molecule has 2 aromatic carbocycles. The van der Waals surface area contributed by atoms with Crippen LogP contribution in [-0.4, -0.2) is 68.8 Å². The van der Waals surface area contributed by atoms with E-state index in [2.05, 4.69) is 5.32 Å². The number of ether oxygens (including phenoxy) is 5. The maximum Gasteiger partial charge on any atom is 0.417 e. The molecule has 4 rings (SSSR count). The van der Waals surface area contributed by atoms with Gasteiger partial charge in [0.1, 0.15) is 12.4 Å². The van der Waals surface area contributed by atoms with Gasteiger partial charge in [-0.05, 0) is 29.7 Å². The summed E-state index contributed by atoms with van der Waals surface area (Å²) in [6.45, 7) is 1.02. The largest absolute Gasteiger partial charge is 0.468 e. The molecule has 0 saturated carbocycles. The molecule has 3 atom stereocenters. The minimum Gasteiger partial charge on any atom is -0.468 e. The van der Waals surface area contributed by atoms with E-state index in [1.807, 2.05) is 30.3 Å². The van der Waals surface area contributed by atoms with Gasteiger partial charge in [-0.3, -0.25) is 4.79 Å². The summed E-state index contributed by atoms with van der Waals surface area (Å²) in [5, 5.41) is 2.53. The van der Waals surface area contributed by atoms with Crippen molar-refractivity contribution < 1.29 is 38.1 Å². The Balaban J connectivity index is 1.43. The zero-order chi connectivity index (χ0) is 23.9. The van der Waals surface area contributed by atoms with Gasteiger partial charge in [-0.2, -0.15) is 0 Å². The summed E-state index contributed by atoms with van der Waals surface area (Å²) < 4.78 is 26.2. The highest BCUT2D eigenvalue weighted by Gasteiger charge is 2.48. The molecule has 180 valence electrons. The summed E-state index contributed by atoms with van der Waals surface area (Å²) in [7, 11) is 1.59. The number of rotatable bonds is 10. The lowest BCUT2D eigenvalue weighted by atomic mass is 10.00. The number of methoxy groups -OCH3 is 1. The third kappa shape index (κ3) is 5.46. The number of hydrogen-bond acceptors (Lipinski definition) is 8. The second-order valence-corrected chi connectivity index (χ2v) is 7.81. The maximum absolute atomic E-state index is 13.4. The zero-order valence-corrected chi connectivity index (χ0v) is 18.7. The van der Waals surface area contributed by atoms with Crippen LogP contribution < -0.4 is 10.1 Å². The predicted molar refractivity (Wildman–Crippen MR) is 118 cm³/mol. The average molecular weight is 470 g/mol. The van der Waals surface area contributed by atoms with Gasteiger partial charge >= 0.3 is 12.2 Å². The fraction of sp³-hybridized carbons (Fsp3) is 0.375. The molecule has 0 aliphatic carbocycles. The number of benzene rings is 2. The normalized spacial score (nSPS) is 21.7. The van der Waals surface area contributed by atoms with Gasteiger partial charge in [-0.25, -0.2) is 14.5 Å². The highest BCUT2D eigenvalue weighted by Crippen LogP contribution is 2.31. The lowest BCUT2D eigenvalue weighted by molar-refractivity contribution is -0.132. The first-order chi connectivity index (χ1) is 16.6. The fourth-order valence-corrected chi connectivity index (χ4v) is 3.85. The van der Waals surface area contributed by atoms with Gasteiger partial charge in [0.2, 0.25) is 0 Å². The van der Waals surface area contributed by atoms with Crippen LogP contribution in [0.3, 0.4) is 0 Å². The number of nitrogens with zero attached hydrogens (tertiary/aromatic N) is 1. The number of hydrogen-bond donors (Lipinski definition) is 1. The molecule has 2 aliphatic heterocycles. The van der Waals surface area contributed by atoms with E-state index >= 15 is 0 Å². The average Bonchev–Trinajstić information content (AvgIpc) is 3.42. The van der Waals surface area contributed by atoms with Gasteiger partial charge in [-0.1, -0.05) is 42.5 Å². The van der Waals surface area contributed by atoms with Crippen molar-refractivity contribution in [3.63, 3.8) is 0 Å². The highest BCUT2D eigenvalue weighted by molar-refractivity contribution is 5.99. The van der Waals surface area contributed by atoms with Gasteiger partial charge in [0.15, 0.2) is 18.9 Å². The third-order valence-electron chi connectivity index (χ3n) is 5.54. The van der Waals surface area contributed by atoms with Crippen LogP contribution in [0.15, 0.2) is 54.6 Å². The summed E-state index contributed by atoms with van der Waals surface area (Å²) in [6.07, 6.45) is -1.92. The number of carbonyl (C=O) groups excluding carboxylic acids is 3. The molecule has 10 heteroatoms. The number of carbonyl (C=O) groups is 3. The van der Waals surface area contributed by atoms with Crippen molar-refractivity contribution in [3.05, 3.63) is 65.7 Å². The van der Waals surface area contributed by atoms with E-state index in [1.165, 1.54) is 0 Å². The van der Waals surface area contributed by atoms with Crippen LogP contribution >= 0.6 is 0 Å². The van der Waals surface area contributed by atoms with Crippen molar-refractivity contribution in [2.24, 2.45) is 0 Å². The van der Waals surface area contributed by atoms with Crippen LogP contribution in [0.2, 0.25) is 0 Å². The Hall–Kier alpha value is -3.63. The van der Waals surface area contributed by atoms with Crippen LogP contribution in [0.1, 0.15) is 17.2 Å². The van der Waals surface area contributed by atoms with Gasteiger partial charge in [0.25, 0.3) is 5.91 Å². The summed E-state index contributed by atoms with van der Waals surface area (Å²) >= 11 is 0. The van der Waals surface area contributed by atoms with Crippen LogP contribution in [-0.2, 0) is 30.2 Å². The molecule has 0 spiro atoms. The Kier molecular flexibility index (Phi) is 7.61. The molecule has 1 N–H and O–H groups in total. The van der Waals surface area contributed by atoms with E-state index in [4.69, 9.17) is 23.7 Å². The molecule has 3 amide bonds. The lowest BCUT2D eigenvalue weighted by Crippen LogP contribution is -2.50. The second kappa shape index (κ2) is 11.0. The molecule has 0 bridgehead atoms. The Bertz CT molecular complexity index is 998. The SMILES string of the molecule is COCCOCOc1ccc([C@@H]2OC(=O)N[C@@H]2C(=O)N2C(=O)OC[C@@H]2Cc2ccccc2)cc1. The molecule has 2 saturated heterocycles. The zero-order valence-electron chi connectivity index (χ0n) is 18.7. The van der Waals surface area contributed by atoms with E-state index < -0.39 is 36.3 Å². The van der Waals surface area contributed by atoms with Crippen LogP contribution in [0.4, 0.5) is 9.59 Å². The van der Waals surface area contributed by atoms with E-state index in [0.29, 0.717) is 30.9 Å². The number of cyclic esters (lactones) is 2. The standard InChI is InChI=1S/C24H26N2O8/c1-30-11-12-31-15-33-19-9-7-17(8-10-19)21-20(25-23(28)34-21)22(27)26-18(14-32-24(26)29)13-16-5-3-2-4-6-16/h2-10,18,20-21H,11-15H2,1H3,(H,25,28)/t18-,20-,21-/m0/s1. The van der Waals surface area contributed by atoms with Gasteiger partial charge in [0.05, 0.1) is 19.3 Å². The molecule has 0 unspecified atom stereocenters. The summed E-state index contributed by atoms with van der Waals surface area (Å²) in [4.78, 5) is 38.9. The third-order valence-corrected chi connectivity index (χ3v) is 5.54. The monoisotopic (exact) mass is 470 g/mol. The van der Waals surface area contributed by atoms with E-state index in [0.717, 1.165) is 10.5 Å². The summed E-state index contributed by atoms with van der Waals surface area (Å²) in [6, 6.07) is 14.7. The van der Waals surface area contributed by atoms with E-state index in [-0.39, 0.29) is 13.4 Å². The second-order valence-electron chi connectivity index (χ2n) is 7.81. The Morgan fingerprint density at radius 3 is 2.59 bits per heavy atom. The molecular weight excluding hydrogens is 444 g/mol. The van der Waals surface area contributed by atoms with Gasteiger partial charge < -0.3 is 29.0 Å². The smallest absolute Gasteiger partial charge is 0.417 e. The van der Waals surface area contributed by atoms with Crippen molar-refractivity contribution in [1.29, 1.82) is 0 Å². The number of imide groups is 1. The Morgan fingerprint density at radius 2 is 1.85 bits per heavy atom. The lowest BCUT2D eigenvalue weighted by Gasteiger charge is -2.24. The maximum atomic E-state index is 13.4. The Morgan fingerprint density at radius 1 is 1.09 bits per heavy atom. The Labute approximate surface area is 196 Å². The quantitative estimate of drug-likeness (QED) is 0.416. The number of alkyl carbamates (subject to hydrolysis) is 1. The number of amides is 3. The topological polar surface area (TPSA) is 113 Å². The molecule has 2 fully saturated rings. The minimum absolute atomic E-state index is 0.0592. The molecule has 0 radical (unpaired) electrons. The van der Waals surface area contributed by atoms with Crippen molar-refractivity contribution in [2.75, 3.05) is 33.7 Å². The summed E-state index contributed by atoms with van der Waals surface area (Å²) in [5.41, 5.74) is 1.55. The molecule has 0 aromatic heterocycles. The molecule has 2 aliphatic rings. The number of nitrogens with one attached hydrogen (secondary N) is 1. The van der Waals surface area contributed by atoms with E-state index in [1.54, 1.807) is 31.4 Å². The first-order valence-electron chi connectivity index (χ1n) is 10.9.